The van der Waals surface area contributed by atoms with E-state index in [4.69, 9.17) is 4.74 Å². The minimum Gasteiger partial charge on any atom is -0.494 e. The van der Waals surface area contributed by atoms with E-state index in [1.54, 1.807) is 24.7 Å². The third-order valence-corrected chi connectivity index (χ3v) is 3.21. The largest absolute Gasteiger partial charge is 0.494 e. The maximum atomic E-state index is 12.2. The molecule has 2 rings (SSSR count). The van der Waals surface area contributed by atoms with Crippen LogP contribution in [0.15, 0.2) is 30.7 Å². The molecule has 2 N–H and O–H groups in total. The SMILES string of the molecule is COc1cnc(C)cc1C(=O)NCCNc1ccncc1C. The second-order valence-electron chi connectivity index (χ2n) is 4.90. The highest BCUT2D eigenvalue weighted by atomic mass is 16.5. The van der Waals surface area contributed by atoms with Crippen LogP contribution in [0.3, 0.4) is 0 Å². The van der Waals surface area contributed by atoms with Gasteiger partial charge in [0.15, 0.2) is 0 Å². The van der Waals surface area contributed by atoms with Crippen LogP contribution in [0.25, 0.3) is 0 Å². The molecule has 0 bridgehead atoms. The Hall–Kier alpha value is -2.63. The number of rotatable bonds is 6. The summed E-state index contributed by atoms with van der Waals surface area (Å²) in [5, 5.41) is 6.13. The van der Waals surface area contributed by atoms with Gasteiger partial charge in [-0.25, -0.2) is 0 Å². The van der Waals surface area contributed by atoms with Crippen molar-refractivity contribution >= 4 is 11.6 Å². The van der Waals surface area contributed by atoms with Crippen molar-refractivity contribution in [1.82, 2.24) is 15.3 Å². The first kappa shape index (κ1) is 15.8. The summed E-state index contributed by atoms with van der Waals surface area (Å²) >= 11 is 0. The van der Waals surface area contributed by atoms with Crippen molar-refractivity contribution in [3.05, 3.63) is 47.5 Å². The second kappa shape index (κ2) is 7.40. The lowest BCUT2D eigenvalue weighted by atomic mass is 10.2. The highest BCUT2D eigenvalue weighted by Crippen LogP contribution is 2.17. The van der Waals surface area contributed by atoms with Gasteiger partial charge in [-0.1, -0.05) is 0 Å². The van der Waals surface area contributed by atoms with Crippen molar-refractivity contribution in [2.75, 3.05) is 25.5 Å². The Morgan fingerprint density at radius 1 is 1.27 bits per heavy atom. The molecule has 2 heterocycles. The molecule has 0 aliphatic rings. The summed E-state index contributed by atoms with van der Waals surface area (Å²) < 4.78 is 5.17. The summed E-state index contributed by atoms with van der Waals surface area (Å²) in [5.41, 5.74) is 3.36. The van der Waals surface area contributed by atoms with Crippen molar-refractivity contribution in [3.8, 4) is 5.75 Å². The molecular weight excluding hydrogens is 280 g/mol. The third kappa shape index (κ3) is 3.94. The van der Waals surface area contributed by atoms with E-state index in [1.807, 2.05) is 19.9 Å². The Bertz CT molecular complexity index is 658. The molecule has 1 amide bonds. The van der Waals surface area contributed by atoms with Gasteiger partial charge in [-0.15, -0.1) is 0 Å². The number of hydrogen-bond acceptors (Lipinski definition) is 5. The van der Waals surface area contributed by atoms with Crippen molar-refractivity contribution in [2.24, 2.45) is 0 Å². The molecule has 116 valence electrons. The average molecular weight is 300 g/mol. The van der Waals surface area contributed by atoms with Crippen molar-refractivity contribution in [2.45, 2.75) is 13.8 Å². The summed E-state index contributed by atoms with van der Waals surface area (Å²) in [6.07, 6.45) is 5.09. The van der Waals surface area contributed by atoms with Gasteiger partial charge in [0, 0.05) is 36.9 Å². The van der Waals surface area contributed by atoms with Gasteiger partial charge in [0.2, 0.25) is 0 Å². The van der Waals surface area contributed by atoms with Gasteiger partial charge in [0.05, 0.1) is 18.9 Å². The Morgan fingerprint density at radius 2 is 2.09 bits per heavy atom. The van der Waals surface area contributed by atoms with Gasteiger partial charge >= 0.3 is 0 Å². The topological polar surface area (TPSA) is 76.1 Å². The number of methoxy groups -OCH3 is 1. The van der Waals surface area contributed by atoms with Crippen LogP contribution in [0.2, 0.25) is 0 Å². The van der Waals surface area contributed by atoms with Crippen molar-refractivity contribution in [1.29, 1.82) is 0 Å². The lowest BCUT2D eigenvalue weighted by Crippen LogP contribution is -2.29. The molecule has 0 atom stereocenters. The van der Waals surface area contributed by atoms with Crippen LogP contribution in [0.4, 0.5) is 5.69 Å². The lowest BCUT2D eigenvalue weighted by molar-refractivity contribution is 0.0952. The Kier molecular flexibility index (Phi) is 5.30. The first-order valence-electron chi connectivity index (χ1n) is 7.05. The van der Waals surface area contributed by atoms with Crippen LogP contribution in [-0.4, -0.2) is 36.1 Å². The molecule has 0 unspecified atom stereocenters. The zero-order valence-electron chi connectivity index (χ0n) is 13.0. The number of aryl methyl sites for hydroxylation is 2. The molecular formula is C16H20N4O2. The van der Waals surface area contributed by atoms with Gasteiger partial charge in [-0.2, -0.15) is 0 Å². The summed E-state index contributed by atoms with van der Waals surface area (Å²) in [5.74, 6) is 0.302. The molecule has 6 nitrogen and oxygen atoms in total. The molecule has 6 heteroatoms. The molecule has 2 aromatic heterocycles. The quantitative estimate of drug-likeness (QED) is 0.797. The van der Waals surface area contributed by atoms with E-state index in [-0.39, 0.29) is 5.91 Å². The zero-order valence-corrected chi connectivity index (χ0v) is 13.0. The molecule has 0 aromatic carbocycles. The fourth-order valence-electron chi connectivity index (χ4n) is 2.03. The number of carbonyl (C=O) groups is 1. The summed E-state index contributed by atoms with van der Waals surface area (Å²) in [7, 11) is 1.52. The number of carbonyl (C=O) groups excluding carboxylic acids is 1. The van der Waals surface area contributed by atoms with E-state index in [2.05, 4.69) is 20.6 Å². The number of nitrogens with zero attached hydrogens (tertiary/aromatic N) is 2. The molecule has 2 aromatic rings. The van der Waals surface area contributed by atoms with Crippen LogP contribution in [0.5, 0.6) is 5.75 Å². The molecule has 0 saturated carbocycles. The molecule has 0 spiro atoms. The standard InChI is InChI=1S/C16H20N4O2/c1-11-9-17-5-4-14(11)18-6-7-19-16(21)13-8-12(2)20-10-15(13)22-3/h4-5,8-10H,6-7H2,1-3H3,(H,17,18)(H,19,21). The van der Waals surface area contributed by atoms with Gasteiger partial charge in [-0.05, 0) is 31.5 Å². The molecule has 0 saturated heterocycles. The van der Waals surface area contributed by atoms with Crippen molar-refractivity contribution in [3.63, 3.8) is 0 Å². The Balaban J connectivity index is 1.88. The number of anilines is 1. The molecule has 0 aliphatic heterocycles. The monoisotopic (exact) mass is 300 g/mol. The van der Waals surface area contributed by atoms with E-state index in [0.717, 1.165) is 16.9 Å². The highest BCUT2D eigenvalue weighted by Gasteiger charge is 2.12. The minimum absolute atomic E-state index is 0.171. The molecule has 22 heavy (non-hydrogen) atoms. The van der Waals surface area contributed by atoms with Crippen LogP contribution in [-0.2, 0) is 0 Å². The molecule has 0 fully saturated rings. The number of ether oxygens (including phenoxy) is 1. The van der Waals surface area contributed by atoms with E-state index >= 15 is 0 Å². The smallest absolute Gasteiger partial charge is 0.255 e. The van der Waals surface area contributed by atoms with Crippen LogP contribution in [0.1, 0.15) is 21.6 Å². The summed E-state index contributed by atoms with van der Waals surface area (Å²) in [4.78, 5) is 20.4. The fraction of sp³-hybridized carbons (Fsp3) is 0.312. The predicted octanol–water partition coefficient (Wildman–Crippen LogP) is 1.94. The maximum absolute atomic E-state index is 12.2. The number of amides is 1. The van der Waals surface area contributed by atoms with E-state index in [0.29, 0.717) is 24.4 Å². The van der Waals surface area contributed by atoms with Gasteiger partial charge < -0.3 is 15.4 Å². The number of pyridine rings is 2. The molecule has 0 radical (unpaired) electrons. The summed E-state index contributed by atoms with van der Waals surface area (Å²) in [6.45, 7) is 4.95. The minimum atomic E-state index is -0.171. The van der Waals surface area contributed by atoms with Crippen LogP contribution >= 0.6 is 0 Å². The average Bonchev–Trinajstić information content (AvgIpc) is 2.52. The van der Waals surface area contributed by atoms with Crippen LogP contribution < -0.4 is 15.4 Å². The third-order valence-electron chi connectivity index (χ3n) is 3.21. The Labute approximate surface area is 129 Å². The second-order valence-corrected chi connectivity index (χ2v) is 4.90. The first-order valence-corrected chi connectivity index (χ1v) is 7.05. The van der Waals surface area contributed by atoms with Crippen LogP contribution in [0, 0.1) is 13.8 Å². The number of nitrogens with one attached hydrogen (secondary N) is 2. The predicted molar refractivity (Wildman–Crippen MR) is 85.3 cm³/mol. The van der Waals surface area contributed by atoms with E-state index < -0.39 is 0 Å². The van der Waals surface area contributed by atoms with Gasteiger partial charge in [0.25, 0.3) is 5.91 Å². The van der Waals surface area contributed by atoms with E-state index in [9.17, 15) is 4.79 Å². The number of hydrogen-bond donors (Lipinski definition) is 2. The zero-order chi connectivity index (χ0) is 15.9. The van der Waals surface area contributed by atoms with E-state index in [1.165, 1.54) is 7.11 Å². The first-order chi connectivity index (χ1) is 10.6. The van der Waals surface area contributed by atoms with Gasteiger partial charge in [-0.3, -0.25) is 14.8 Å². The normalized spacial score (nSPS) is 10.1. The summed E-state index contributed by atoms with van der Waals surface area (Å²) in [6, 6.07) is 3.63. The lowest BCUT2D eigenvalue weighted by Gasteiger charge is -2.11. The highest BCUT2D eigenvalue weighted by molar-refractivity contribution is 5.96. The van der Waals surface area contributed by atoms with Crippen molar-refractivity contribution < 1.29 is 9.53 Å². The number of aromatic nitrogens is 2. The maximum Gasteiger partial charge on any atom is 0.255 e. The van der Waals surface area contributed by atoms with Gasteiger partial charge in [0.1, 0.15) is 5.75 Å². The molecule has 0 aliphatic carbocycles. The fourth-order valence-corrected chi connectivity index (χ4v) is 2.03. The Morgan fingerprint density at radius 3 is 2.82 bits per heavy atom.